The zero-order chi connectivity index (χ0) is 31.2. The van der Waals surface area contributed by atoms with E-state index in [0.29, 0.717) is 44.7 Å². The van der Waals surface area contributed by atoms with Crippen LogP contribution in [0.4, 0.5) is 5.69 Å². The Kier molecular flexibility index (Phi) is 11.7. The monoisotopic (exact) mass is 651 g/mol. The summed E-state index contributed by atoms with van der Waals surface area (Å²) in [6.45, 7) is 8.63. The number of nitrogens with one attached hydrogen (secondary N) is 1. The van der Waals surface area contributed by atoms with Crippen LogP contribution in [0, 0.1) is 13.8 Å². The van der Waals surface area contributed by atoms with Gasteiger partial charge in [0.05, 0.1) is 10.6 Å². The van der Waals surface area contributed by atoms with Gasteiger partial charge in [0, 0.05) is 27.7 Å². The highest BCUT2D eigenvalue weighted by atomic mass is 35.5. The molecule has 0 fully saturated rings. The molecule has 226 valence electrons. The molecule has 0 aliphatic rings. The second-order valence-corrected chi connectivity index (χ2v) is 13.4. The number of carbonyl (C=O) groups excluding carboxylic acids is 2. The largest absolute Gasteiger partial charge is 0.352 e. The lowest BCUT2D eigenvalue weighted by atomic mass is 10.1. The summed E-state index contributed by atoms with van der Waals surface area (Å²) in [5.74, 6) is -0.905. The van der Waals surface area contributed by atoms with E-state index in [9.17, 15) is 18.0 Å². The minimum Gasteiger partial charge on any atom is -0.352 e. The molecule has 11 heteroatoms. The van der Waals surface area contributed by atoms with Gasteiger partial charge in [0.1, 0.15) is 12.6 Å². The average Bonchev–Trinajstić information content (AvgIpc) is 2.93. The minimum atomic E-state index is -4.20. The molecule has 3 aromatic rings. The van der Waals surface area contributed by atoms with Crippen molar-refractivity contribution in [3.8, 4) is 0 Å². The fourth-order valence-corrected chi connectivity index (χ4v) is 6.62. The second-order valence-electron chi connectivity index (χ2n) is 10.3. The molecule has 3 rings (SSSR count). The van der Waals surface area contributed by atoms with Gasteiger partial charge < -0.3 is 10.2 Å². The van der Waals surface area contributed by atoms with E-state index < -0.39 is 28.5 Å². The number of hydrogen-bond donors (Lipinski definition) is 1. The Morgan fingerprint density at radius 2 is 1.50 bits per heavy atom. The van der Waals surface area contributed by atoms with Crippen molar-refractivity contribution in [2.24, 2.45) is 0 Å². The van der Waals surface area contributed by atoms with Gasteiger partial charge in [-0.3, -0.25) is 13.9 Å². The molecule has 0 aromatic heterocycles. The van der Waals surface area contributed by atoms with E-state index in [2.05, 4.69) is 5.32 Å². The van der Waals surface area contributed by atoms with Crippen molar-refractivity contribution in [3.05, 3.63) is 92.4 Å². The fraction of sp³-hybridized carbons (Fsp3) is 0.355. The predicted octanol–water partition coefficient (Wildman–Crippen LogP) is 7.18. The van der Waals surface area contributed by atoms with Crippen LogP contribution in [0.1, 0.15) is 50.3 Å². The Morgan fingerprint density at radius 1 is 0.881 bits per heavy atom. The molecule has 0 saturated heterocycles. The maximum Gasteiger partial charge on any atom is 0.264 e. The van der Waals surface area contributed by atoms with Crippen molar-refractivity contribution in [2.45, 2.75) is 71.0 Å². The molecule has 3 aromatic carbocycles. The molecule has 0 heterocycles. The summed E-state index contributed by atoms with van der Waals surface area (Å²) >= 11 is 18.8. The van der Waals surface area contributed by atoms with E-state index in [0.717, 1.165) is 9.87 Å². The first-order valence-corrected chi connectivity index (χ1v) is 16.2. The van der Waals surface area contributed by atoms with Crippen molar-refractivity contribution in [2.75, 3.05) is 10.8 Å². The molecule has 42 heavy (non-hydrogen) atoms. The number of carbonyl (C=O) groups is 2. The number of nitrogens with zero attached hydrogens (tertiary/aromatic N) is 2. The van der Waals surface area contributed by atoms with Crippen LogP contribution in [0.3, 0.4) is 0 Å². The quantitative estimate of drug-likeness (QED) is 0.225. The third-order valence-corrected chi connectivity index (χ3v) is 9.65. The van der Waals surface area contributed by atoms with Crippen molar-refractivity contribution >= 4 is 62.3 Å². The van der Waals surface area contributed by atoms with Crippen LogP contribution in [0.2, 0.25) is 15.1 Å². The molecule has 2 atom stereocenters. The smallest absolute Gasteiger partial charge is 0.264 e. The number of sulfonamides is 1. The van der Waals surface area contributed by atoms with E-state index in [1.54, 1.807) is 62.4 Å². The summed E-state index contributed by atoms with van der Waals surface area (Å²) in [6, 6.07) is 15.1. The van der Waals surface area contributed by atoms with E-state index >= 15 is 0 Å². The zero-order valence-corrected chi connectivity index (χ0v) is 27.4. The molecule has 0 aliphatic heterocycles. The van der Waals surface area contributed by atoms with Crippen LogP contribution < -0.4 is 9.62 Å². The van der Waals surface area contributed by atoms with Crippen LogP contribution >= 0.6 is 34.8 Å². The van der Waals surface area contributed by atoms with E-state index in [-0.39, 0.29) is 23.4 Å². The highest BCUT2D eigenvalue weighted by Gasteiger charge is 2.34. The normalized spacial score (nSPS) is 12.9. The van der Waals surface area contributed by atoms with Gasteiger partial charge in [-0.05, 0) is 87.2 Å². The molecule has 0 bridgehead atoms. The lowest BCUT2D eigenvalue weighted by Crippen LogP contribution is -2.53. The summed E-state index contributed by atoms with van der Waals surface area (Å²) in [4.78, 5) is 29.1. The molecule has 2 amide bonds. The number of halogens is 3. The molecule has 0 radical (unpaired) electrons. The molecular formula is C31H36Cl3N3O4S. The highest BCUT2D eigenvalue weighted by Crippen LogP contribution is 2.30. The van der Waals surface area contributed by atoms with E-state index in [1.165, 1.54) is 17.0 Å². The lowest BCUT2D eigenvalue weighted by molar-refractivity contribution is -0.140. The summed E-state index contributed by atoms with van der Waals surface area (Å²) < 4.78 is 29.2. The Balaban J connectivity index is 2.12. The number of anilines is 1. The average molecular weight is 653 g/mol. The Labute approximate surface area is 263 Å². The first-order valence-electron chi connectivity index (χ1n) is 13.7. The highest BCUT2D eigenvalue weighted by molar-refractivity contribution is 7.92. The molecule has 0 saturated carbocycles. The molecular weight excluding hydrogens is 617 g/mol. The Hall–Kier alpha value is -2.78. The predicted molar refractivity (Wildman–Crippen MR) is 171 cm³/mol. The molecule has 0 unspecified atom stereocenters. The van der Waals surface area contributed by atoms with Crippen LogP contribution in [0.5, 0.6) is 0 Å². The molecule has 7 nitrogen and oxygen atoms in total. The molecule has 0 aliphatic carbocycles. The van der Waals surface area contributed by atoms with Crippen LogP contribution in [-0.2, 0) is 26.2 Å². The second kappa shape index (κ2) is 14.6. The van der Waals surface area contributed by atoms with Gasteiger partial charge in [-0.2, -0.15) is 0 Å². The summed E-state index contributed by atoms with van der Waals surface area (Å²) in [6.07, 6.45) is 1.00. The number of amides is 2. The third kappa shape index (κ3) is 8.19. The lowest BCUT2D eigenvalue weighted by Gasteiger charge is -2.34. The van der Waals surface area contributed by atoms with Crippen LogP contribution in [0.25, 0.3) is 0 Å². The Bertz CT molecular complexity index is 1530. The van der Waals surface area contributed by atoms with Gasteiger partial charge in [0.25, 0.3) is 10.0 Å². The first kappa shape index (κ1) is 33.7. The topological polar surface area (TPSA) is 86.8 Å². The number of rotatable bonds is 12. The minimum absolute atomic E-state index is 0.0285. The van der Waals surface area contributed by atoms with Crippen LogP contribution in [-0.4, -0.2) is 43.8 Å². The third-order valence-electron chi connectivity index (χ3n) is 7.06. The van der Waals surface area contributed by atoms with Crippen molar-refractivity contribution in [3.63, 3.8) is 0 Å². The molecule has 0 spiro atoms. The van der Waals surface area contributed by atoms with Gasteiger partial charge in [-0.1, -0.05) is 72.4 Å². The summed E-state index contributed by atoms with van der Waals surface area (Å²) in [5, 5.41) is 4.14. The van der Waals surface area contributed by atoms with E-state index in [1.807, 2.05) is 20.8 Å². The van der Waals surface area contributed by atoms with E-state index in [4.69, 9.17) is 34.8 Å². The van der Waals surface area contributed by atoms with Gasteiger partial charge in [0.15, 0.2) is 0 Å². The zero-order valence-electron chi connectivity index (χ0n) is 24.3. The van der Waals surface area contributed by atoms with Crippen molar-refractivity contribution < 1.29 is 18.0 Å². The maximum absolute atomic E-state index is 14.2. The van der Waals surface area contributed by atoms with Gasteiger partial charge in [-0.15, -0.1) is 0 Å². The number of aryl methyl sites for hydroxylation is 2. The molecule has 1 N–H and O–H groups in total. The summed E-state index contributed by atoms with van der Waals surface area (Å²) in [5.41, 5.74) is 2.33. The van der Waals surface area contributed by atoms with Gasteiger partial charge >= 0.3 is 0 Å². The standard InChI is InChI=1S/C31H36Cl3N3O4S/c1-6-22(5)35-31(39)28(7-2)36(18-23-10-11-25(33)17-27(23)34)30(38)19-37(29-15-12-24(32)16-21(29)4)42(40,41)26-13-8-20(3)9-14-26/h8-17,22,28H,6-7,18-19H2,1-5H3,(H,35,39)/t22-,28-/m1/s1. The maximum atomic E-state index is 14.2. The van der Waals surface area contributed by atoms with Crippen molar-refractivity contribution in [1.82, 2.24) is 10.2 Å². The van der Waals surface area contributed by atoms with Crippen LogP contribution in [0.15, 0.2) is 65.6 Å². The van der Waals surface area contributed by atoms with Gasteiger partial charge in [0.2, 0.25) is 11.8 Å². The fourth-order valence-electron chi connectivity index (χ4n) is 4.44. The number of hydrogen-bond acceptors (Lipinski definition) is 4. The first-order chi connectivity index (χ1) is 19.8. The summed E-state index contributed by atoms with van der Waals surface area (Å²) in [7, 11) is -4.20. The SMILES string of the molecule is CC[C@@H](C)NC(=O)[C@@H](CC)N(Cc1ccc(Cl)cc1Cl)C(=O)CN(c1ccc(Cl)cc1C)S(=O)(=O)c1ccc(C)cc1. The van der Waals surface area contributed by atoms with Gasteiger partial charge in [-0.25, -0.2) is 8.42 Å². The Morgan fingerprint density at radius 3 is 2.07 bits per heavy atom. The van der Waals surface area contributed by atoms with Crippen molar-refractivity contribution in [1.29, 1.82) is 0 Å². The number of benzene rings is 3.